The van der Waals surface area contributed by atoms with Crippen molar-refractivity contribution in [1.82, 2.24) is 15.3 Å². The van der Waals surface area contributed by atoms with Crippen LogP contribution in [0.1, 0.15) is 47.2 Å². The van der Waals surface area contributed by atoms with Crippen LogP contribution in [0.3, 0.4) is 0 Å². The number of hydrogen-bond donors (Lipinski definition) is 3. The number of hydrogen-bond acceptors (Lipinski definition) is 3. The van der Waals surface area contributed by atoms with Gasteiger partial charge in [-0.1, -0.05) is 15.9 Å². The minimum atomic E-state index is -0.0288. The molecule has 176 valence electrons. The summed E-state index contributed by atoms with van der Waals surface area (Å²) < 4.78 is 1.01. The quantitative estimate of drug-likeness (QED) is 0.291. The highest BCUT2D eigenvalue weighted by Gasteiger charge is 2.22. The van der Waals surface area contributed by atoms with Crippen molar-refractivity contribution in [3.63, 3.8) is 0 Å². The first-order chi connectivity index (χ1) is 16.4. The fourth-order valence-corrected chi connectivity index (χ4v) is 5.48. The number of amides is 1. The fourth-order valence-electron chi connectivity index (χ4n) is 5.12. The molecule has 0 unspecified atom stereocenters. The second kappa shape index (κ2) is 9.51. The number of nitrogens with two attached hydrogens (primary N) is 1. The first kappa shape index (κ1) is 23.1. The summed E-state index contributed by atoms with van der Waals surface area (Å²) in [5.41, 5.74) is 12.5. The molecule has 1 aliphatic carbocycles. The Hall–Kier alpha value is -2.70. The van der Waals surface area contributed by atoms with Crippen molar-refractivity contribution in [3.8, 4) is 11.3 Å². The van der Waals surface area contributed by atoms with Crippen LogP contribution in [0.5, 0.6) is 0 Å². The van der Waals surface area contributed by atoms with Crippen LogP contribution >= 0.6 is 15.9 Å². The lowest BCUT2D eigenvalue weighted by Crippen LogP contribution is -2.32. The first-order valence-corrected chi connectivity index (χ1v) is 12.9. The van der Waals surface area contributed by atoms with Crippen molar-refractivity contribution in [2.45, 2.75) is 39.5 Å². The molecular weight excluding hydrogens is 488 g/mol. The molecule has 4 N–H and O–H groups in total. The molecule has 1 aliphatic rings. The topological polar surface area (TPSA) is 83.8 Å². The summed E-state index contributed by atoms with van der Waals surface area (Å²) >= 11 is 3.58. The van der Waals surface area contributed by atoms with E-state index in [0.29, 0.717) is 23.9 Å². The Morgan fingerprint density at radius 2 is 1.79 bits per heavy atom. The summed E-state index contributed by atoms with van der Waals surface area (Å²) in [6, 6.07) is 12.3. The van der Waals surface area contributed by atoms with Gasteiger partial charge < -0.3 is 16.0 Å². The van der Waals surface area contributed by atoms with E-state index >= 15 is 0 Å². The van der Waals surface area contributed by atoms with Gasteiger partial charge in [-0.2, -0.15) is 0 Å². The smallest absolute Gasteiger partial charge is 0.252 e. The number of aryl methyl sites for hydroxylation is 2. The van der Waals surface area contributed by atoms with Crippen molar-refractivity contribution < 1.29 is 4.79 Å². The van der Waals surface area contributed by atoms with E-state index in [2.05, 4.69) is 58.3 Å². The molecule has 4 aromatic rings. The number of nitrogens with one attached hydrogen (secondary N) is 2. The molecule has 1 fully saturated rings. The maximum atomic E-state index is 13.5. The first-order valence-electron chi connectivity index (χ1n) is 12.1. The number of carbonyl (C=O) groups is 1. The Bertz CT molecular complexity index is 1370. The molecule has 2 heterocycles. The number of rotatable bonds is 5. The average molecular weight is 519 g/mol. The van der Waals surface area contributed by atoms with Crippen LogP contribution in [0.2, 0.25) is 0 Å². The molecular formula is C28H31BrN4O. The SMILES string of the molecule is Cc1cc2nc(-c3c[nH]c4ccc(Br)cc34)cc(C(=O)NCC3CCC(CN)CC3)c2cc1C. The summed E-state index contributed by atoms with van der Waals surface area (Å²) in [6.45, 7) is 5.65. The van der Waals surface area contributed by atoms with Gasteiger partial charge in [0.15, 0.2) is 0 Å². The monoisotopic (exact) mass is 518 g/mol. The van der Waals surface area contributed by atoms with Gasteiger partial charge in [0, 0.05) is 39.1 Å². The summed E-state index contributed by atoms with van der Waals surface area (Å²) in [5.74, 6) is 1.13. The number of nitrogens with zero attached hydrogens (tertiary/aromatic N) is 1. The summed E-state index contributed by atoms with van der Waals surface area (Å²) in [6.07, 6.45) is 6.56. The highest BCUT2D eigenvalue weighted by molar-refractivity contribution is 9.10. The predicted molar refractivity (Wildman–Crippen MR) is 143 cm³/mol. The van der Waals surface area contributed by atoms with Gasteiger partial charge in [0.2, 0.25) is 0 Å². The molecule has 0 spiro atoms. The van der Waals surface area contributed by atoms with E-state index in [9.17, 15) is 4.79 Å². The fraction of sp³-hybridized carbons (Fsp3) is 0.357. The largest absolute Gasteiger partial charge is 0.360 e. The van der Waals surface area contributed by atoms with Crippen molar-refractivity contribution >= 4 is 43.6 Å². The molecule has 5 rings (SSSR count). The van der Waals surface area contributed by atoms with Crippen molar-refractivity contribution in [2.75, 3.05) is 13.1 Å². The number of aromatic nitrogens is 2. The second-order valence-corrected chi connectivity index (χ2v) is 10.6. The van der Waals surface area contributed by atoms with Crippen molar-refractivity contribution in [2.24, 2.45) is 17.6 Å². The van der Waals surface area contributed by atoms with Gasteiger partial charge in [-0.3, -0.25) is 4.79 Å². The average Bonchev–Trinajstić information content (AvgIpc) is 3.26. The molecule has 5 nitrogen and oxygen atoms in total. The van der Waals surface area contributed by atoms with E-state index in [1.165, 1.54) is 5.56 Å². The third-order valence-corrected chi connectivity index (χ3v) is 7.93. The number of aromatic amines is 1. The van der Waals surface area contributed by atoms with Crippen LogP contribution in [0.4, 0.5) is 0 Å². The number of H-pyrrole nitrogens is 1. The lowest BCUT2D eigenvalue weighted by Gasteiger charge is -2.27. The molecule has 34 heavy (non-hydrogen) atoms. The molecule has 1 amide bonds. The zero-order valence-corrected chi connectivity index (χ0v) is 21.3. The van der Waals surface area contributed by atoms with E-state index in [1.54, 1.807) is 0 Å². The Labute approximate surface area is 208 Å². The molecule has 0 radical (unpaired) electrons. The number of benzene rings is 2. The maximum absolute atomic E-state index is 13.5. The van der Waals surface area contributed by atoms with E-state index < -0.39 is 0 Å². The molecule has 2 aromatic carbocycles. The van der Waals surface area contributed by atoms with Gasteiger partial charge in [-0.25, -0.2) is 4.98 Å². The van der Waals surface area contributed by atoms with Crippen LogP contribution in [0, 0.1) is 25.7 Å². The third-order valence-electron chi connectivity index (χ3n) is 7.44. The van der Waals surface area contributed by atoms with Crippen LogP contribution in [0.15, 0.2) is 47.1 Å². The van der Waals surface area contributed by atoms with E-state index in [0.717, 1.165) is 75.3 Å². The van der Waals surface area contributed by atoms with Crippen LogP contribution in [-0.2, 0) is 0 Å². The molecule has 2 aromatic heterocycles. The second-order valence-electron chi connectivity index (χ2n) is 9.73. The lowest BCUT2D eigenvalue weighted by atomic mass is 9.82. The Kier molecular flexibility index (Phi) is 6.45. The summed E-state index contributed by atoms with van der Waals surface area (Å²) in [5, 5.41) is 5.21. The molecule has 0 aliphatic heterocycles. The lowest BCUT2D eigenvalue weighted by molar-refractivity contribution is 0.0943. The number of carbonyl (C=O) groups excluding carboxylic acids is 1. The van der Waals surface area contributed by atoms with Crippen LogP contribution < -0.4 is 11.1 Å². The van der Waals surface area contributed by atoms with Crippen LogP contribution in [0.25, 0.3) is 33.1 Å². The van der Waals surface area contributed by atoms with Gasteiger partial charge in [0.05, 0.1) is 16.8 Å². The minimum Gasteiger partial charge on any atom is -0.360 e. The van der Waals surface area contributed by atoms with Crippen LogP contribution in [-0.4, -0.2) is 29.0 Å². The summed E-state index contributed by atoms with van der Waals surface area (Å²) in [7, 11) is 0. The number of pyridine rings is 1. The Balaban J connectivity index is 1.51. The van der Waals surface area contributed by atoms with E-state index in [4.69, 9.17) is 10.7 Å². The van der Waals surface area contributed by atoms with Gasteiger partial charge in [0.1, 0.15) is 0 Å². The molecule has 0 atom stereocenters. The van der Waals surface area contributed by atoms with Gasteiger partial charge >= 0.3 is 0 Å². The van der Waals surface area contributed by atoms with Crippen molar-refractivity contribution in [1.29, 1.82) is 0 Å². The Morgan fingerprint density at radius 3 is 2.56 bits per heavy atom. The molecule has 1 saturated carbocycles. The van der Waals surface area contributed by atoms with Crippen molar-refractivity contribution in [3.05, 3.63) is 63.8 Å². The predicted octanol–water partition coefficient (Wildman–Crippen LogP) is 6.26. The standard InChI is InChI=1S/C28H31BrN4O/c1-16-9-21-23(28(34)32-14-19-5-3-18(13-30)4-6-19)12-27(33-26(21)10-17(16)2)24-15-31-25-8-7-20(29)11-22(24)25/h7-12,15,18-19,31H,3-6,13-14,30H2,1-2H3,(H,32,34). The van der Waals surface area contributed by atoms with Gasteiger partial charge in [-0.05, 0) is 105 Å². The molecule has 0 bridgehead atoms. The third kappa shape index (κ3) is 4.49. The highest BCUT2D eigenvalue weighted by atomic mass is 79.9. The highest BCUT2D eigenvalue weighted by Crippen LogP contribution is 2.33. The molecule has 0 saturated heterocycles. The van der Waals surface area contributed by atoms with E-state index in [-0.39, 0.29) is 5.91 Å². The zero-order chi connectivity index (χ0) is 23.8. The minimum absolute atomic E-state index is 0.0288. The number of halogens is 1. The van der Waals surface area contributed by atoms with Gasteiger partial charge in [0.25, 0.3) is 5.91 Å². The molecule has 6 heteroatoms. The summed E-state index contributed by atoms with van der Waals surface area (Å²) in [4.78, 5) is 21.8. The van der Waals surface area contributed by atoms with E-state index in [1.807, 2.05) is 24.4 Å². The maximum Gasteiger partial charge on any atom is 0.252 e. The van der Waals surface area contributed by atoms with Gasteiger partial charge in [-0.15, -0.1) is 0 Å². The Morgan fingerprint density at radius 1 is 1.06 bits per heavy atom. The zero-order valence-electron chi connectivity index (χ0n) is 19.7. The normalized spacial score (nSPS) is 18.5. The number of fused-ring (bicyclic) bond motifs is 2.